The van der Waals surface area contributed by atoms with E-state index < -0.39 is 0 Å². The van der Waals surface area contributed by atoms with Crippen LogP contribution < -0.4 is 5.32 Å². The van der Waals surface area contributed by atoms with Crippen LogP contribution in [0.15, 0.2) is 18.2 Å². The number of nitriles is 1. The summed E-state index contributed by atoms with van der Waals surface area (Å²) in [6, 6.07) is 7.01. The SMILES string of the molecule is CCNC1CCC(OCc2cc(C#N)ccc2F)CC1. The van der Waals surface area contributed by atoms with Gasteiger partial charge in [-0.3, -0.25) is 0 Å². The Kier molecular flexibility index (Phi) is 5.51. The first-order valence-corrected chi connectivity index (χ1v) is 7.26. The molecule has 1 fully saturated rings. The van der Waals surface area contributed by atoms with Crippen LogP contribution in [-0.4, -0.2) is 18.7 Å². The predicted octanol–water partition coefficient (Wildman–Crippen LogP) is 3.13. The zero-order chi connectivity index (χ0) is 14.4. The largest absolute Gasteiger partial charge is 0.373 e. The van der Waals surface area contributed by atoms with Crippen LogP contribution in [0.4, 0.5) is 4.39 Å². The van der Waals surface area contributed by atoms with E-state index in [-0.39, 0.29) is 18.5 Å². The molecule has 1 aromatic carbocycles. The molecule has 1 saturated carbocycles. The highest BCUT2D eigenvalue weighted by atomic mass is 19.1. The van der Waals surface area contributed by atoms with Crippen molar-refractivity contribution in [1.82, 2.24) is 5.32 Å². The average Bonchev–Trinajstić information content (AvgIpc) is 2.48. The van der Waals surface area contributed by atoms with Crippen LogP contribution in [0, 0.1) is 17.1 Å². The zero-order valence-corrected chi connectivity index (χ0v) is 11.9. The van der Waals surface area contributed by atoms with E-state index in [1.165, 1.54) is 12.1 Å². The molecule has 0 amide bonds. The molecule has 1 aromatic rings. The Hall–Kier alpha value is -1.44. The zero-order valence-electron chi connectivity index (χ0n) is 11.9. The van der Waals surface area contributed by atoms with Crippen molar-refractivity contribution in [2.45, 2.75) is 51.4 Å². The fraction of sp³-hybridized carbons (Fsp3) is 0.562. The Bertz CT molecular complexity index is 476. The molecule has 0 spiro atoms. The van der Waals surface area contributed by atoms with Gasteiger partial charge in [0.1, 0.15) is 5.82 Å². The highest BCUT2D eigenvalue weighted by Gasteiger charge is 2.21. The Morgan fingerprint density at radius 1 is 1.35 bits per heavy atom. The number of nitrogens with zero attached hydrogens (tertiary/aromatic N) is 1. The van der Waals surface area contributed by atoms with Gasteiger partial charge >= 0.3 is 0 Å². The van der Waals surface area contributed by atoms with E-state index >= 15 is 0 Å². The van der Waals surface area contributed by atoms with E-state index in [1.807, 2.05) is 6.07 Å². The Balaban J connectivity index is 1.83. The van der Waals surface area contributed by atoms with Crippen LogP contribution in [0.1, 0.15) is 43.7 Å². The summed E-state index contributed by atoms with van der Waals surface area (Å²) in [5.74, 6) is -0.301. The highest BCUT2D eigenvalue weighted by molar-refractivity contribution is 5.33. The lowest BCUT2D eigenvalue weighted by Gasteiger charge is -2.29. The minimum atomic E-state index is -0.301. The summed E-state index contributed by atoms with van der Waals surface area (Å²) in [4.78, 5) is 0. The van der Waals surface area contributed by atoms with Crippen LogP contribution in [-0.2, 0) is 11.3 Å². The number of halogens is 1. The minimum Gasteiger partial charge on any atom is -0.373 e. The van der Waals surface area contributed by atoms with Crippen molar-refractivity contribution in [1.29, 1.82) is 5.26 Å². The van der Waals surface area contributed by atoms with Gasteiger partial charge in [0.05, 0.1) is 24.3 Å². The van der Waals surface area contributed by atoms with E-state index in [4.69, 9.17) is 10.00 Å². The van der Waals surface area contributed by atoms with Crippen molar-refractivity contribution >= 4 is 0 Å². The fourth-order valence-electron chi connectivity index (χ4n) is 2.68. The van der Waals surface area contributed by atoms with Crippen LogP contribution in [0.5, 0.6) is 0 Å². The maximum atomic E-state index is 13.6. The second-order valence-corrected chi connectivity index (χ2v) is 5.26. The van der Waals surface area contributed by atoms with E-state index in [9.17, 15) is 4.39 Å². The van der Waals surface area contributed by atoms with Gasteiger partial charge in [0.2, 0.25) is 0 Å². The van der Waals surface area contributed by atoms with Crippen LogP contribution in [0.2, 0.25) is 0 Å². The van der Waals surface area contributed by atoms with E-state index in [1.54, 1.807) is 6.07 Å². The number of benzene rings is 1. The molecule has 0 radical (unpaired) electrons. The maximum absolute atomic E-state index is 13.6. The molecule has 3 nitrogen and oxygen atoms in total. The van der Waals surface area contributed by atoms with Gasteiger partial charge in [-0.25, -0.2) is 4.39 Å². The minimum absolute atomic E-state index is 0.204. The molecule has 0 atom stereocenters. The molecule has 1 N–H and O–H groups in total. The molecule has 20 heavy (non-hydrogen) atoms. The van der Waals surface area contributed by atoms with Crippen LogP contribution >= 0.6 is 0 Å². The Morgan fingerprint density at radius 2 is 2.10 bits per heavy atom. The second-order valence-electron chi connectivity index (χ2n) is 5.26. The summed E-state index contributed by atoms with van der Waals surface area (Å²) in [6.45, 7) is 3.37. The molecule has 2 rings (SSSR count). The number of hydrogen-bond donors (Lipinski definition) is 1. The molecule has 108 valence electrons. The number of rotatable bonds is 5. The molecule has 0 saturated heterocycles. The highest BCUT2D eigenvalue weighted by Crippen LogP contribution is 2.23. The van der Waals surface area contributed by atoms with Gasteiger partial charge in [0.25, 0.3) is 0 Å². The predicted molar refractivity (Wildman–Crippen MR) is 75.6 cm³/mol. The summed E-state index contributed by atoms with van der Waals surface area (Å²) in [5, 5.41) is 12.3. The summed E-state index contributed by atoms with van der Waals surface area (Å²) < 4.78 is 19.4. The summed E-state index contributed by atoms with van der Waals surface area (Å²) in [7, 11) is 0. The summed E-state index contributed by atoms with van der Waals surface area (Å²) in [5.41, 5.74) is 0.943. The lowest BCUT2D eigenvalue weighted by molar-refractivity contribution is 0.0102. The molecule has 4 heteroatoms. The first-order valence-electron chi connectivity index (χ1n) is 7.26. The van der Waals surface area contributed by atoms with E-state index in [2.05, 4.69) is 12.2 Å². The van der Waals surface area contributed by atoms with Gasteiger partial charge in [0, 0.05) is 11.6 Å². The fourth-order valence-corrected chi connectivity index (χ4v) is 2.68. The molecule has 1 aliphatic rings. The van der Waals surface area contributed by atoms with Crippen LogP contribution in [0.3, 0.4) is 0 Å². The van der Waals surface area contributed by atoms with Gasteiger partial charge in [0.15, 0.2) is 0 Å². The number of hydrogen-bond acceptors (Lipinski definition) is 3. The molecule has 0 heterocycles. The second kappa shape index (κ2) is 7.37. The topological polar surface area (TPSA) is 45.0 Å². The third-order valence-electron chi connectivity index (χ3n) is 3.82. The molecule has 0 unspecified atom stereocenters. The number of ether oxygens (including phenoxy) is 1. The maximum Gasteiger partial charge on any atom is 0.128 e. The quantitative estimate of drug-likeness (QED) is 0.898. The van der Waals surface area contributed by atoms with Gasteiger partial charge in [-0.15, -0.1) is 0 Å². The Labute approximate surface area is 119 Å². The molecule has 1 aliphatic carbocycles. The standard InChI is InChI=1S/C16H21FN2O/c1-2-19-14-4-6-15(7-5-14)20-11-13-9-12(10-18)3-8-16(13)17/h3,8-9,14-15,19H,2,4-7,11H2,1H3. The molecule has 0 aromatic heterocycles. The van der Waals surface area contributed by atoms with Gasteiger partial charge in [-0.05, 0) is 50.4 Å². The molecule has 0 bridgehead atoms. The average molecular weight is 276 g/mol. The normalized spacial score (nSPS) is 22.4. The van der Waals surface area contributed by atoms with Crippen molar-refractivity contribution in [3.05, 3.63) is 35.1 Å². The van der Waals surface area contributed by atoms with Gasteiger partial charge < -0.3 is 10.1 Å². The van der Waals surface area contributed by atoms with Crippen molar-refractivity contribution in [2.75, 3.05) is 6.54 Å². The van der Waals surface area contributed by atoms with E-state index in [0.29, 0.717) is 17.2 Å². The van der Waals surface area contributed by atoms with Gasteiger partial charge in [-0.1, -0.05) is 6.92 Å². The molecular formula is C16H21FN2O. The van der Waals surface area contributed by atoms with Crippen molar-refractivity contribution in [3.63, 3.8) is 0 Å². The smallest absolute Gasteiger partial charge is 0.128 e. The lowest BCUT2D eigenvalue weighted by Crippen LogP contribution is -2.35. The van der Waals surface area contributed by atoms with Crippen molar-refractivity contribution in [2.24, 2.45) is 0 Å². The summed E-state index contributed by atoms with van der Waals surface area (Å²) >= 11 is 0. The van der Waals surface area contributed by atoms with Crippen LogP contribution in [0.25, 0.3) is 0 Å². The third kappa shape index (κ3) is 4.03. The molecule has 0 aliphatic heterocycles. The first-order chi connectivity index (χ1) is 9.72. The first kappa shape index (κ1) is 15.0. The summed E-state index contributed by atoms with van der Waals surface area (Å²) in [6.07, 6.45) is 4.45. The Morgan fingerprint density at radius 3 is 2.75 bits per heavy atom. The van der Waals surface area contributed by atoms with E-state index in [0.717, 1.165) is 32.2 Å². The van der Waals surface area contributed by atoms with Crippen molar-refractivity contribution in [3.8, 4) is 6.07 Å². The number of nitrogens with one attached hydrogen (secondary N) is 1. The van der Waals surface area contributed by atoms with Gasteiger partial charge in [-0.2, -0.15) is 5.26 Å². The third-order valence-corrected chi connectivity index (χ3v) is 3.82. The van der Waals surface area contributed by atoms with Crippen molar-refractivity contribution < 1.29 is 9.13 Å². The lowest BCUT2D eigenvalue weighted by atomic mass is 9.93. The monoisotopic (exact) mass is 276 g/mol. The molecular weight excluding hydrogens is 255 g/mol.